The van der Waals surface area contributed by atoms with Crippen LogP contribution >= 0.6 is 11.3 Å². The van der Waals surface area contributed by atoms with Gasteiger partial charge in [0.2, 0.25) is 10.0 Å². The van der Waals surface area contributed by atoms with Crippen LogP contribution in [-0.4, -0.2) is 24.7 Å². The quantitative estimate of drug-likeness (QED) is 0.887. The molecule has 0 aliphatic carbocycles. The van der Waals surface area contributed by atoms with Crippen LogP contribution in [0, 0.1) is 11.3 Å². The predicted octanol–water partition coefficient (Wildman–Crippen LogP) is 0.874. The zero-order valence-electron chi connectivity index (χ0n) is 10.2. The summed E-state index contributed by atoms with van der Waals surface area (Å²) in [6.45, 7) is 0.293. The van der Waals surface area contributed by atoms with Crippen LogP contribution in [-0.2, 0) is 23.5 Å². The second kappa shape index (κ2) is 5.52. The number of nitrogens with one attached hydrogen (secondary N) is 1. The van der Waals surface area contributed by atoms with Crippen molar-refractivity contribution >= 4 is 21.4 Å². The fraction of sp³-hybridized carbons (Fsp3) is 0.273. The molecule has 2 rings (SSSR count). The molecule has 0 amide bonds. The number of rotatable bonds is 5. The van der Waals surface area contributed by atoms with Gasteiger partial charge >= 0.3 is 0 Å². The normalized spacial score (nSPS) is 11.4. The fourth-order valence-electron chi connectivity index (χ4n) is 1.56. The molecule has 0 unspecified atom stereocenters. The Hall–Kier alpha value is -1.69. The first-order valence-corrected chi connectivity index (χ1v) is 7.79. The standard InChI is InChI=1S/C11H12N4O2S2/c1-15-9(4-6-13-15)5-7-14-19(16,17)11-3-2-10(8-12)18-11/h2-4,6,14H,5,7H2,1H3. The van der Waals surface area contributed by atoms with Crippen molar-refractivity contribution in [3.05, 3.63) is 35.0 Å². The van der Waals surface area contributed by atoms with Gasteiger partial charge in [-0.05, 0) is 18.2 Å². The maximum Gasteiger partial charge on any atom is 0.250 e. The minimum Gasteiger partial charge on any atom is -0.273 e. The molecule has 0 saturated carbocycles. The summed E-state index contributed by atoms with van der Waals surface area (Å²) in [5.41, 5.74) is 0.951. The van der Waals surface area contributed by atoms with Crippen LogP contribution < -0.4 is 4.72 Å². The number of nitrogens with zero attached hydrogens (tertiary/aromatic N) is 3. The van der Waals surface area contributed by atoms with Crippen LogP contribution in [0.2, 0.25) is 0 Å². The number of hydrogen-bond acceptors (Lipinski definition) is 5. The van der Waals surface area contributed by atoms with Crippen molar-refractivity contribution < 1.29 is 8.42 Å². The highest BCUT2D eigenvalue weighted by atomic mass is 32.2. The second-order valence-electron chi connectivity index (χ2n) is 3.82. The third-order valence-electron chi connectivity index (χ3n) is 2.55. The number of aryl methyl sites for hydroxylation is 1. The molecule has 0 radical (unpaired) electrons. The summed E-state index contributed by atoms with van der Waals surface area (Å²) in [5, 5.41) is 12.7. The van der Waals surface area contributed by atoms with E-state index in [0.717, 1.165) is 17.0 Å². The molecule has 100 valence electrons. The van der Waals surface area contributed by atoms with Crippen molar-refractivity contribution in [1.29, 1.82) is 5.26 Å². The summed E-state index contributed by atoms with van der Waals surface area (Å²) in [5.74, 6) is 0. The largest absolute Gasteiger partial charge is 0.273 e. The fourth-order valence-corrected chi connectivity index (χ4v) is 3.74. The van der Waals surface area contributed by atoms with Gasteiger partial charge in [0.05, 0.1) is 0 Å². The van der Waals surface area contributed by atoms with E-state index in [2.05, 4.69) is 9.82 Å². The van der Waals surface area contributed by atoms with E-state index >= 15 is 0 Å². The van der Waals surface area contributed by atoms with E-state index in [1.807, 2.05) is 19.2 Å². The van der Waals surface area contributed by atoms with Crippen LogP contribution in [0.5, 0.6) is 0 Å². The smallest absolute Gasteiger partial charge is 0.250 e. The average Bonchev–Trinajstić information content (AvgIpc) is 2.99. The summed E-state index contributed by atoms with van der Waals surface area (Å²) < 4.78 is 28.3. The van der Waals surface area contributed by atoms with Crippen molar-refractivity contribution in [3.8, 4) is 6.07 Å². The van der Waals surface area contributed by atoms with E-state index in [1.54, 1.807) is 10.9 Å². The van der Waals surface area contributed by atoms with Crippen LogP contribution in [0.4, 0.5) is 0 Å². The molecule has 0 aliphatic heterocycles. The zero-order valence-corrected chi connectivity index (χ0v) is 11.8. The van der Waals surface area contributed by atoms with E-state index in [4.69, 9.17) is 5.26 Å². The predicted molar refractivity (Wildman–Crippen MR) is 71.1 cm³/mol. The highest BCUT2D eigenvalue weighted by Crippen LogP contribution is 2.20. The summed E-state index contributed by atoms with van der Waals surface area (Å²) >= 11 is 0.962. The van der Waals surface area contributed by atoms with Gasteiger partial charge in [-0.1, -0.05) is 0 Å². The van der Waals surface area contributed by atoms with E-state index in [9.17, 15) is 8.42 Å². The number of sulfonamides is 1. The summed E-state index contributed by atoms with van der Waals surface area (Å²) in [4.78, 5) is 0.381. The Labute approximate surface area is 115 Å². The Morgan fingerprint density at radius 1 is 1.47 bits per heavy atom. The van der Waals surface area contributed by atoms with Crippen molar-refractivity contribution in [2.24, 2.45) is 7.05 Å². The molecular formula is C11H12N4O2S2. The van der Waals surface area contributed by atoms with Crippen molar-refractivity contribution in [1.82, 2.24) is 14.5 Å². The van der Waals surface area contributed by atoms with Gasteiger partial charge in [-0.2, -0.15) is 10.4 Å². The lowest BCUT2D eigenvalue weighted by molar-refractivity contribution is 0.582. The van der Waals surface area contributed by atoms with E-state index in [-0.39, 0.29) is 4.21 Å². The molecule has 0 bridgehead atoms. The van der Waals surface area contributed by atoms with Gasteiger partial charge in [-0.25, -0.2) is 13.1 Å². The highest BCUT2D eigenvalue weighted by Gasteiger charge is 2.16. The van der Waals surface area contributed by atoms with Crippen molar-refractivity contribution in [3.63, 3.8) is 0 Å². The summed E-state index contributed by atoms with van der Waals surface area (Å²) in [7, 11) is -1.72. The lowest BCUT2D eigenvalue weighted by Gasteiger charge is -2.04. The number of aromatic nitrogens is 2. The zero-order chi connectivity index (χ0) is 13.9. The van der Waals surface area contributed by atoms with Gasteiger partial charge in [0.15, 0.2) is 0 Å². The molecule has 1 N–H and O–H groups in total. The molecule has 19 heavy (non-hydrogen) atoms. The second-order valence-corrected chi connectivity index (χ2v) is 6.90. The number of thiophene rings is 1. The summed E-state index contributed by atoms with van der Waals surface area (Å²) in [6, 6.07) is 6.70. The maximum absolute atomic E-state index is 11.9. The third kappa shape index (κ3) is 3.20. The molecule has 2 aromatic rings. The van der Waals surface area contributed by atoms with E-state index < -0.39 is 10.0 Å². The Balaban J connectivity index is 1.99. The first-order chi connectivity index (χ1) is 9.03. The molecule has 8 heteroatoms. The van der Waals surface area contributed by atoms with Gasteiger partial charge in [0.1, 0.15) is 15.2 Å². The average molecular weight is 296 g/mol. The first kappa shape index (κ1) is 13.7. The van der Waals surface area contributed by atoms with Crippen LogP contribution in [0.1, 0.15) is 10.6 Å². The Morgan fingerprint density at radius 2 is 2.26 bits per heavy atom. The highest BCUT2D eigenvalue weighted by molar-refractivity contribution is 7.91. The van der Waals surface area contributed by atoms with E-state index in [1.165, 1.54) is 12.1 Å². The van der Waals surface area contributed by atoms with Gasteiger partial charge < -0.3 is 0 Å². The molecule has 2 aromatic heterocycles. The molecule has 2 heterocycles. The SMILES string of the molecule is Cn1nccc1CCNS(=O)(=O)c1ccc(C#N)s1. The Morgan fingerprint density at radius 3 is 2.84 bits per heavy atom. The van der Waals surface area contributed by atoms with Gasteiger partial charge in [-0.3, -0.25) is 4.68 Å². The van der Waals surface area contributed by atoms with Crippen LogP contribution in [0.25, 0.3) is 0 Å². The Kier molecular flexibility index (Phi) is 3.99. The van der Waals surface area contributed by atoms with E-state index in [0.29, 0.717) is 17.8 Å². The molecule has 0 aliphatic rings. The maximum atomic E-state index is 11.9. The van der Waals surface area contributed by atoms with Crippen molar-refractivity contribution in [2.45, 2.75) is 10.6 Å². The molecule has 0 atom stereocenters. The lowest BCUT2D eigenvalue weighted by atomic mass is 10.3. The van der Waals surface area contributed by atoms with Crippen molar-refractivity contribution in [2.75, 3.05) is 6.54 Å². The number of hydrogen-bond donors (Lipinski definition) is 1. The minimum absolute atomic E-state index is 0.161. The molecular weight excluding hydrogens is 284 g/mol. The van der Waals surface area contributed by atoms with Gasteiger partial charge in [-0.15, -0.1) is 11.3 Å². The molecule has 6 nitrogen and oxygen atoms in total. The first-order valence-electron chi connectivity index (χ1n) is 5.49. The topological polar surface area (TPSA) is 87.8 Å². The van der Waals surface area contributed by atoms with Crippen LogP contribution in [0.3, 0.4) is 0 Å². The van der Waals surface area contributed by atoms with Gasteiger partial charge in [0, 0.05) is 31.9 Å². The molecule has 0 aromatic carbocycles. The minimum atomic E-state index is -3.53. The number of nitriles is 1. The molecule has 0 saturated heterocycles. The lowest BCUT2D eigenvalue weighted by Crippen LogP contribution is -2.25. The van der Waals surface area contributed by atoms with Crippen LogP contribution in [0.15, 0.2) is 28.6 Å². The monoisotopic (exact) mass is 296 g/mol. The third-order valence-corrected chi connectivity index (χ3v) is 5.49. The molecule has 0 fully saturated rings. The summed E-state index contributed by atoms with van der Waals surface area (Å²) in [6.07, 6.45) is 2.23. The van der Waals surface area contributed by atoms with Gasteiger partial charge in [0.25, 0.3) is 0 Å². The Bertz CT molecular complexity index is 709. The molecule has 0 spiro atoms.